The van der Waals surface area contributed by atoms with Crippen LogP contribution in [-0.2, 0) is 14.3 Å². The van der Waals surface area contributed by atoms with Crippen LogP contribution in [0.1, 0.15) is 32.1 Å². The summed E-state index contributed by atoms with van der Waals surface area (Å²) in [6.07, 6.45) is 3.67. The molecule has 16 heavy (non-hydrogen) atoms. The summed E-state index contributed by atoms with van der Waals surface area (Å²) in [5.74, 6) is -0.944. The second kappa shape index (κ2) is 4.82. The van der Waals surface area contributed by atoms with Gasteiger partial charge in [-0.2, -0.15) is 0 Å². The molecule has 90 valence electrons. The van der Waals surface area contributed by atoms with Crippen molar-refractivity contribution in [2.24, 2.45) is 0 Å². The van der Waals surface area contributed by atoms with E-state index in [1.807, 2.05) is 0 Å². The molecule has 0 aromatic heterocycles. The number of likely N-dealkylation sites (tertiary alicyclic amines) is 1. The smallest absolute Gasteiger partial charge is 0.326 e. The molecule has 5 nitrogen and oxygen atoms in total. The van der Waals surface area contributed by atoms with E-state index in [1.165, 1.54) is 4.90 Å². The molecule has 0 spiro atoms. The summed E-state index contributed by atoms with van der Waals surface area (Å²) in [6, 6.07) is -0.648. The molecule has 2 atom stereocenters. The van der Waals surface area contributed by atoms with Gasteiger partial charge in [0.25, 0.3) is 0 Å². The Bertz CT molecular complexity index is 286. The molecule has 2 rings (SSSR count). The quantitative estimate of drug-likeness (QED) is 0.768. The number of amides is 1. The molecular weight excluding hydrogens is 210 g/mol. The second-order valence-electron chi connectivity index (χ2n) is 4.43. The minimum Gasteiger partial charge on any atom is -0.480 e. The summed E-state index contributed by atoms with van der Waals surface area (Å²) < 4.78 is 5.45. The Kier molecular flexibility index (Phi) is 3.43. The second-order valence-corrected chi connectivity index (χ2v) is 4.43. The number of rotatable bonds is 3. The monoisotopic (exact) mass is 227 g/mol. The highest BCUT2D eigenvalue weighted by Gasteiger charge is 2.35. The molecule has 0 radical (unpaired) electrons. The van der Waals surface area contributed by atoms with Crippen molar-refractivity contribution in [2.45, 2.75) is 44.2 Å². The lowest BCUT2D eigenvalue weighted by Gasteiger charge is -2.34. The highest BCUT2D eigenvalue weighted by Crippen LogP contribution is 2.22. The van der Waals surface area contributed by atoms with Crippen LogP contribution >= 0.6 is 0 Å². The predicted molar refractivity (Wildman–Crippen MR) is 56.0 cm³/mol. The number of hydrogen-bond donors (Lipinski definition) is 1. The molecule has 1 amide bonds. The van der Waals surface area contributed by atoms with E-state index in [9.17, 15) is 9.59 Å². The van der Waals surface area contributed by atoms with Crippen molar-refractivity contribution in [1.82, 2.24) is 4.90 Å². The summed E-state index contributed by atoms with van der Waals surface area (Å²) in [5, 5.41) is 9.07. The molecule has 0 aromatic carbocycles. The molecule has 0 saturated carbocycles. The van der Waals surface area contributed by atoms with Crippen molar-refractivity contribution in [1.29, 1.82) is 0 Å². The van der Waals surface area contributed by atoms with E-state index in [0.717, 1.165) is 19.4 Å². The van der Waals surface area contributed by atoms with E-state index >= 15 is 0 Å². The predicted octanol–water partition coefficient (Wildman–Crippen LogP) is 0.631. The van der Waals surface area contributed by atoms with Gasteiger partial charge in [-0.05, 0) is 25.7 Å². The lowest BCUT2D eigenvalue weighted by atomic mass is 10.0. The average Bonchev–Trinajstić information content (AvgIpc) is 2.73. The number of aliphatic carboxylic acids is 1. The number of nitrogens with zero attached hydrogens (tertiary/aromatic N) is 1. The fraction of sp³-hybridized carbons (Fsp3) is 0.818. The number of hydrogen-bond acceptors (Lipinski definition) is 3. The van der Waals surface area contributed by atoms with E-state index in [1.54, 1.807) is 0 Å². The summed E-state index contributed by atoms with van der Waals surface area (Å²) in [7, 11) is 0. The third-order valence-electron chi connectivity index (χ3n) is 3.27. The fourth-order valence-corrected chi connectivity index (χ4v) is 2.41. The van der Waals surface area contributed by atoms with Gasteiger partial charge in [-0.15, -0.1) is 0 Å². The van der Waals surface area contributed by atoms with E-state index < -0.39 is 12.0 Å². The molecule has 2 saturated heterocycles. The maximum atomic E-state index is 11.7. The Balaban J connectivity index is 2.00. The van der Waals surface area contributed by atoms with Crippen molar-refractivity contribution < 1.29 is 19.4 Å². The van der Waals surface area contributed by atoms with Crippen molar-refractivity contribution >= 4 is 11.9 Å². The van der Waals surface area contributed by atoms with Crippen LogP contribution in [0.15, 0.2) is 0 Å². The van der Waals surface area contributed by atoms with Gasteiger partial charge >= 0.3 is 5.97 Å². The average molecular weight is 227 g/mol. The van der Waals surface area contributed by atoms with E-state index in [-0.39, 0.29) is 12.0 Å². The van der Waals surface area contributed by atoms with Crippen molar-refractivity contribution in [3.63, 3.8) is 0 Å². The van der Waals surface area contributed by atoms with Crippen LogP contribution < -0.4 is 0 Å². The molecule has 1 N–H and O–H groups in total. The minimum absolute atomic E-state index is 0.0314. The van der Waals surface area contributed by atoms with Gasteiger partial charge in [0, 0.05) is 19.6 Å². The molecule has 2 fully saturated rings. The number of ether oxygens (including phenoxy) is 1. The van der Waals surface area contributed by atoms with Crippen LogP contribution in [0.3, 0.4) is 0 Å². The number of carboxylic acids is 1. The van der Waals surface area contributed by atoms with E-state index in [4.69, 9.17) is 9.84 Å². The molecule has 0 aliphatic carbocycles. The van der Waals surface area contributed by atoms with Gasteiger partial charge in [-0.25, -0.2) is 4.79 Å². The fourth-order valence-electron chi connectivity index (χ4n) is 2.41. The zero-order valence-electron chi connectivity index (χ0n) is 9.22. The summed E-state index contributed by atoms with van der Waals surface area (Å²) in [4.78, 5) is 24.2. The van der Waals surface area contributed by atoms with Crippen molar-refractivity contribution in [3.05, 3.63) is 0 Å². The maximum Gasteiger partial charge on any atom is 0.326 e. The summed E-state index contributed by atoms with van der Waals surface area (Å²) in [6.45, 7) is 1.17. The topological polar surface area (TPSA) is 66.8 Å². The first-order valence-corrected chi connectivity index (χ1v) is 5.82. The Labute approximate surface area is 94.4 Å². The zero-order chi connectivity index (χ0) is 11.5. The van der Waals surface area contributed by atoms with Crippen LogP contribution in [0.4, 0.5) is 0 Å². The molecular formula is C11H17NO4. The molecule has 2 aliphatic rings. The zero-order valence-corrected chi connectivity index (χ0v) is 9.22. The Hall–Kier alpha value is -1.10. The first-order chi connectivity index (χ1) is 7.68. The largest absolute Gasteiger partial charge is 0.480 e. The van der Waals surface area contributed by atoms with Gasteiger partial charge < -0.3 is 14.7 Å². The lowest BCUT2D eigenvalue weighted by molar-refractivity contribution is -0.154. The van der Waals surface area contributed by atoms with Crippen molar-refractivity contribution in [2.75, 3.05) is 13.2 Å². The van der Waals surface area contributed by atoms with Crippen LogP contribution in [-0.4, -0.2) is 47.2 Å². The van der Waals surface area contributed by atoms with Gasteiger partial charge in [0.15, 0.2) is 0 Å². The molecule has 2 aliphatic heterocycles. The van der Waals surface area contributed by atoms with Gasteiger partial charge in [0.05, 0.1) is 6.10 Å². The Morgan fingerprint density at radius 3 is 2.88 bits per heavy atom. The van der Waals surface area contributed by atoms with Crippen LogP contribution in [0, 0.1) is 0 Å². The molecule has 2 heterocycles. The Morgan fingerprint density at radius 1 is 1.44 bits per heavy atom. The van der Waals surface area contributed by atoms with E-state index in [2.05, 4.69) is 0 Å². The lowest BCUT2D eigenvalue weighted by Crippen LogP contribution is -2.50. The highest BCUT2D eigenvalue weighted by molar-refractivity contribution is 5.84. The molecule has 5 heteroatoms. The van der Waals surface area contributed by atoms with Gasteiger partial charge in [0.1, 0.15) is 6.04 Å². The van der Waals surface area contributed by atoms with Crippen LogP contribution in [0.2, 0.25) is 0 Å². The molecule has 0 bridgehead atoms. The number of carbonyl (C=O) groups is 2. The standard InChI is InChI=1S/C11H17NO4/c13-10-5-1-4-9(11(14)15)12(10)7-8-3-2-6-16-8/h8-9H,1-7H2,(H,14,15). The number of piperidine rings is 1. The normalized spacial score (nSPS) is 30.8. The maximum absolute atomic E-state index is 11.7. The van der Waals surface area contributed by atoms with Crippen LogP contribution in [0.5, 0.6) is 0 Å². The molecule has 0 aromatic rings. The summed E-state index contributed by atoms with van der Waals surface area (Å²) >= 11 is 0. The number of carboxylic acid groups (broad SMARTS) is 1. The first-order valence-electron chi connectivity index (χ1n) is 5.82. The summed E-state index contributed by atoms with van der Waals surface area (Å²) in [5.41, 5.74) is 0. The highest BCUT2D eigenvalue weighted by atomic mass is 16.5. The third-order valence-corrected chi connectivity index (χ3v) is 3.27. The number of carbonyl (C=O) groups excluding carboxylic acids is 1. The van der Waals surface area contributed by atoms with Gasteiger partial charge in [-0.1, -0.05) is 0 Å². The van der Waals surface area contributed by atoms with Crippen molar-refractivity contribution in [3.8, 4) is 0 Å². The third kappa shape index (κ3) is 2.35. The Morgan fingerprint density at radius 2 is 2.25 bits per heavy atom. The van der Waals surface area contributed by atoms with Gasteiger partial charge in [0.2, 0.25) is 5.91 Å². The van der Waals surface area contributed by atoms with Gasteiger partial charge in [-0.3, -0.25) is 4.79 Å². The van der Waals surface area contributed by atoms with E-state index in [0.29, 0.717) is 25.8 Å². The van der Waals surface area contributed by atoms with Crippen LogP contribution in [0.25, 0.3) is 0 Å². The minimum atomic E-state index is -0.897. The SMILES string of the molecule is O=C(O)C1CCCC(=O)N1CC1CCCO1. The first kappa shape index (κ1) is 11.4. The molecule has 2 unspecified atom stereocenters.